The molecular formula is C41H63N6O5P. The van der Waals surface area contributed by atoms with E-state index in [0.717, 1.165) is 43.3 Å². The number of rotatable bonds is 28. The van der Waals surface area contributed by atoms with Gasteiger partial charge in [-0.1, -0.05) is 122 Å². The smallest absolute Gasteiger partial charge is 0.330 e. The molecule has 1 saturated heterocycles. The Bertz CT molecular complexity index is 1470. The van der Waals surface area contributed by atoms with Crippen molar-refractivity contribution in [3.8, 4) is 18.4 Å². The number of benzene rings is 1. The summed E-state index contributed by atoms with van der Waals surface area (Å²) >= 11 is 0. The number of aromatic nitrogens is 3. The van der Waals surface area contributed by atoms with Gasteiger partial charge in [0.2, 0.25) is 0 Å². The molecule has 1 aliphatic rings. The number of hydrogen-bond donors (Lipinski definition) is 2. The average Bonchev–Trinajstić information content (AvgIpc) is 3.84. The third-order valence-electron chi connectivity index (χ3n) is 9.84. The normalized spacial score (nSPS) is 16.5. The van der Waals surface area contributed by atoms with Gasteiger partial charge in [-0.05, 0) is 56.0 Å². The number of nitrogens with two attached hydrogens (primary N) is 1. The number of unbranched alkanes of at least 4 members (excludes halogenated alkanes) is 17. The molecule has 0 radical (unpaired) electrons. The Morgan fingerprint density at radius 3 is 2.15 bits per heavy atom. The number of nitrogen functional groups attached to an aromatic ring is 1. The van der Waals surface area contributed by atoms with Gasteiger partial charge in [0, 0.05) is 6.57 Å². The van der Waals surface area contributed by atoms with E-state index < -0.39 is 8.60 Å². The lowest BCUT2D eigenvalue weighted by atomic mass is 10.0. The van der Waals surface area contributed by atoms with Crippen LogP contribution in [0.2, 0.25) is 0 Å². The van der Waals surface area contributed by atoms with Crippen LogP contribution < -0.4 is 10.5 Å². The van der Waals surface area contributed by atoms with Crippen LogP contribution in [0.4, 0.5) is 5.82 Å². The summed E-state index contributed by atoms with van der Waals surface area (Å²) in [6.45, 7) is 6.21. The van der Waals surface area contributed by atoms with Crippen LogP contribution in [-0.2, 0) is 13.8 Å². The second-order valence-electron chi connectivity index (χ2n) is 14.0. The Labute approximate surface area is 319 Å². The summed E-state index contributed by atoms with van der Waals surface area (Å²) in [6, 6.07) is 13.2. The molecule has 3 N–H and O–H groups in total. The minimum Gasteiger partial charge on any atom is -0.488 e. The van der Waals surface area contributed by atoms with Gasteiger partial charge in [-0.25, -0.2) is 14.8 Å². The molecule has 4 atom stereocenters. The van der Waals surface area contributed by atoms with E-state index in [4.69, 9.17) is 29.5 Å². The van der Waals surface area contributed by atoms with Crippen LogP contribution in [0.1, 0.15) is 159 Å². The van der Waals surface area contributed by atoms with Gasteiger partial charge in [0.25, 0.3) is 0 Å². The average molecular weight is 751 g/mol. The number of fused-ring (bicyclic) bond motifs is 1. The SMILES string of the molecule is C#N.CCCCCCCCCCCCCCCCCCCCC(COP(O)OCC1CCC(c2ccc3c(N)ncnn23)O1)Oc1cccc(C#N)c1. The summed E-state index contributed by atoms with van der Waals surface area (Å²) in [5.74, 6) is 1.06. The summed E-state index contributed by atoms with van der Waals surface area (Å²) in [6.07, 6.45) is 27.4. The molecule has 1 aliphatic heterocycles. The van der Waals surface area contributed by atoms with Crippen LogP contribution in [0, 0.1) is 23.2 Å². The first-order valence-electron chi connectivity index (χ1n) is 20.0. The zero-order chi connectivity index (χ0) is 37.9. The summed E-state index contributed by atoms with van der Waals surface area (Å²) in [5, 5.41) is 20.1. The Morgan fingerprint density at radius 1 is 0.906 bits per heavy atom. The Balaban J connectivity index is 0.00000372. The maximum absolute atomic E-state index is 10.6. The van der Waals surface area contributed by atoms with E-state index in [1.54, 1.807) is 16.6 Å². The molecule has 3 aromatic rings. The quantitative estimate of drug-likeness (QED) is 0.0539. The van der Waals surface area contributed by atoms with Gasteiger partial charge >= 0.3 is 8.60 Å². The van der Waals surface area contributed by atoms with Gasteiger partial charge in [0.15, 0.2) is 5.82 Å². The van der Waals surface area contributed by atoms with Crippen LogP contribution >= 0.6 is 8.60 Å². The third-order valence-corrected chi connectivity index (χ3v) is 10.6. The third kappa shape index (κ3) is 17.1. The highest BCUT2D eigenvalue weighted by molar-refractivity contribution is 7.40. The van der Waals surface area contributed by atoms with Crippen molar-refractivity contribution in [1.29, 1.82) is 10.5 Å². The molecule has 3 heterocycles. The van der Waals surface area contributed by atoms with Crippen LogP contribution in [0.25, 0.3) is 5.52 Å². The largest absolute Gasteiger partial charge is 0.488 e. The first-order valence-corrected chi connectivity index (χ1v) is 21.1. The molecule has 1 fully saturated rings. The van der Waals surface area contributed by atoms with Crippen LogP contribution in [-0.4, -0.2) is 44.9 Å². The van der Waals surface area contributed by atoms with Gasteiger partial charge in [0.05, 0.1) is 36.6 Å². The summed E-state index contributed by atoms with van der Waals surface area (Å²) in [7, 11) is -2.10. The lowest BCUT2D eigenvalue weighted by Crippen LogP contribution is -2.23. The van der Waals surface area contributed by atoms with Crippen molar-refractivity contribution in [3.05, 3.63) is 54.0 Å². The highest BCUT2D eigenvalue weighted by atomic mass is 31.2. The second-order valence-corrected chi connectivity index (χ2v) is 15.0. The molecule has 0 aliphatic carbocycles. The van der Waals surface area contributed by atoms with E-state index in [-0.39, 0.29) is 31.5 Å². The van der Waals surface area contributed by atoms with Crippen LogP contribution in [0.15, 0.2) is 42.7 Å². The number of nitriles is 2. The number of nitrogens with zero attached hydrogens (tertiary/aromatic N) is 5. The van der Waals surface area contributed by atoms with Crippen molar-refractivity contribution in [2.24, 2.45) is 0 Å². The molecule has 1 aromatic carbocycles. The van der Waals surface area contributed by atoms with Gasteiger partial charge < -0.3 is 29.1 Å². The summed E-state index contributed by atoms with van der Waals surface area (Å²) in [4.78, 5) is 14.6. The molecule has 2 aromatic heterocycles. The van der Waals surface area contributed by atoms with E-state index in [9.17, 15) is 10.2 Å². The van der Waals surface area contributed by atoms with E-state index in [1.807, 2.05) is 24.3 Å². The first kappa shape index (κ1) is 44.1. The van der Waals surface area contributed by atoms with Gasteiger partial charge in [-0.3, -0.25) is 0 Å². The molecular weight excluding hydrogens is 687 g/mol. The maximum atomic E-state index is 10.6. The fourth-order valence-corrected chi connectivity index (χ4v) is 7.54. The maximum Gasteiger partial charge on any atom is 0.330 e. The van der Waals surface area contributed by atoms with Crippen LogP contribution in [0.5, 0.6) is 5.75 Å². The fourth-order valence-electron chi connectivity index (χ4n) is 6.88. The molecule has 4 unspecified atom stereocenters. The molecule has 11 nitrogen and oxygen atoms in total. The van der Waals surface area contributed by atoms with Crippen molar-refractivity contribution >= 4 is 19.9 Å². The van der Waals surface area contributed by atoms with E-state index >= 15 is 0 Å². The molecule has 4 rings (SSSR count). The molecule has 292 valence electrons. The van der Waals surface area contributed by atoms with Crippen molar-refractivity contribution < 1.29 is 23.4 Å². The molecule has 0 saturated carbocycles. The molecule has 0 bridgehead atoms. The predicted molar refractivity (Wildman–Crippen MR) is 211 cm³/mol. The van der Waals surface area contributed by atoms with E-state index in [1.165, 1.54) is 109 Å². The van der Waals surface area contributed by atoms with Gasteiger partial charge in [0.1, 0.15) is 29.8 Å². The van der Waals surface area contributed by atoms with Gasteiger partial charge in [-0.2, -0.15) is 10.4 Å². The molecule has 0 spiro atoms. The Morgan fingerprint density at radius 2 is 1.53 bits per heavy atom. The highest BCUT2D eigenvalue weighted by Crippen LogP contribution is 2.38. The topological polar surface area (TPSA) is 161 Å². The van der Waals surface area contributed by atoms with Crippen LogP contribution in [0.3, 0.4) is 0 Å². The standard InChI is InChI=1S/C40H62N5O5P.CHN/c1-2-3-4-5-6-7-8-9-10-11-12-13-14-15-16-17-18-19-22-35(49-34-23-20-21-33(28-34)29-41)30-47-51(46)48-31-36-24-27-39(50-36)37-25-26-38-40(42)43-32-44-45(37)38;1-2/h20-21,23,25-26,28,32,35-36,39,46H,2-19,22,24,27,30-31H2,1H3,(H2,42,43,44);1H. The van der Waals surface area contributed by atoms with Crippen molar-refractivity contribution in [1.82, 2.24) is 14.6 Å². The first-order chi connectivity index (χ1) is 26.1. The Kier molecular flexibility index (Phi) is 22.7. The Hall–Kier alpha value is -3.31. The second kappa shape index (κ2) is 27.3. The zero-order valence-electron chi connectivity index (χ0n) is 32.0. The molecule has 12 heteroatoms. The lowest BCUT2D eigenvalue weighted by Gasteiger charge is -2.21. The van der Waals surface area contributed by atoms with Crippen molar-refractivity contribution in [2.75, 3.05) is 18.9 Å². The van der Waals surface area contributed by atoms with E-state index in [0.29, 0.717) is 17.1 Å². The van der Waals surface area contributed by atoms with Crippen molar-refractivity contribution in [2.45, 2.75) is 160 Å². The summed E-state index contributed by atoms with van der Waals surface area (Å²) < 4.78 is 25.7. The molecule has 53 heavy (non-hydrogen) atoms. The minimum absolute atomic E-state index is 0.141. The number of anilines is 1. The highest BCUT2D eigenvalue weighted by Gasteiger charge is 2.30. The lowest BCUT2D eigenvalue weighted by molar-refractivity contribution is 0.00838. The number of hydrogen-bond acceptors (Lipinski definition) is 10. The summed E-state index contributed by atoms with van der Waals surface area (Å²) in [5.41, 5.74) is 8.20. The van der Waals surface area contributed by atoms with E-state index in [2.05, 4.69) is 29.6 Å². The van der Waals surface area contributed by atoms with Crippen molar-refractivity contribution in [3.63, 3.8) is 0 Å². The minimum atomic E-state index is -2.10. The zero-order valence-corrected chi connectivity index (χ0v) is 32.8. The fraction of sp³-hybridized carbons (Fsp3) is 0.659. The monoisotopic (exact) mass is 750 g/mol. The predicted octanol–water partition coefficient (Wildman–Crippen LogP) is 10.7. The molecule has 0 amide bonds. The van der Waals surface area contributed by atoms with Gasteiger partial charge in [-0.15, -0.1) is 0 Å². The number of ether oxygens (including phenoxy) is 2.